The standard InChI is InChI=1S/C19H18FN3O9S/c20-7-16(25)14(6-17(26)27)23-18(28)10-1-2-11(21-8-10)9-22-33(31,32)12-3-4-15(24)13(5-12)19(29)30/h1-5,8,14,22,24H,6-7,9H2,(H,23,28)(H,26,27)(H,29,30). The second kappa shape index (κ2) is 10.6. The average Bonchev–Trinajstić information content (AvgIpc) is 2.76. The van der Waals surface area contributed by atoms with Crippen LogP contribution in [-0.2, 0) is 26.2 Å². The van der Waals surface area contributed by atoms with Gasteiger partial charge < -0.3 is 20.6 Å². The molecule has 0 aliphatic carbocycles. The van der Waals surface area contributed by atoms with Gasteiger partial charge in [0.25, 0.3) is 5.91 Å². The van der Waals surface area contributed by atoms with E-state index in [4.69, 9.17) is 10.2 Å². The molecule has 1 aromatic carbocycles. The summed E-state index contributed by atoms with van der Waals surface area (Å²) < 4.78 is 39.5. The maximum Gasteiger partial charge on any atom is 0.339 e. The summed E-state index contributed by atoms with van der Waals surface area (Å²) in [5, 5.41) is 29.4. The summed E-state index contributed by atoms with van der Waals surface area (Å²) >= 11 is 0. The molecule has 0 spiro atoms. The number of phenols is 1. The number of benzene rings is 1. The molecule has 1 aromatic heterocycles. The number of ketones is 1. The van der Waals surface area contributed by atoms with Crippen LogP contribution in [-0.4, -0.2) is 65.1 Å². The molecule has 1 amide bonds. The van der Waals surface area contributed by atoms with Gasteiger partial charge in [0.1, 0.15) is 24.0 Å². The third kappa shape index (κ3) is 6.78. The summed E-state index contributed by atoms with van der Waals surface area (Å²) in [6, 6.07) is 3.67. The number of carboxylic acids is 2. The number of carbonyl (C=O) groups is 4. The summed E-state index contributed by atoms with van der Waals surface area (Å²) in [4.78, 5) is 49.0. The number of aromatic carboxylic acids is 1. The minimum Gasteiger partial charge on any atom is -0.507 e. The van der Waals surface area contributed by atoms with Gasteiger partial charge in [-0.1, -0.05) is 0 Å². The Morgan fingerprint density at radius 3 is 2.33 bits per heavy atom. The summed E-state index contributed by atoms with van der Waals surface area (Å²) in [5.74, 6) is -5.51. The van der Waals surface area contributed by atoms with Crippen LogP contribution in [0.2, 0.25) is 0 Å². The zero-order valence-corrected chi connectivity index (χ0v) is 17.5. The number of carbonyl (C=O) groups excluding carboxylic acids is 2. The van der Waals surface area contributed by atoms with Crippen LogP contribution < -0.4 is 10.0 Å². The number of hydrogen-bond acceptors (Lipinski definition) is 8. The van der Waals surface area contributed by atoms with E-state index in [-0.39, 0.29) is 17.8 Å². The Bertz CT molecular complexity index is 1180. The fraction of sp³-hybridized carbons (Fsp3) is 0.211. The molecule has 0 radical (unpaired) electrons. The number of nitrogens with one attached hydrogen (secondary N) is 2. The Morgan fingerprint density at radius 2 is 1.79 bits per heavy atom. The van der Waals surface area contributed by atoms with Crippen molar-refractivity contribution in [3.63, 3.8) is 0 Å². The number of aliphatic carboxylic acids is 1. The lowest BCUT2D eigenvalue weighted by molar-refractivity contribution is -0.139. The zero-order chi connectivity index (χ0) is 24.8. The first kappa shape index (κ1) is 25.4. The molecular formula is C19H18FN3O9S. The number of aromatic nitrogens is 1. The van der Waals surface area contributed by atoms with Gasteiger partial charge in [0.2, 0.25) is 10.0 Å². The molecule has 0 bridgehead atoms. The molecule has 14 heteroatoms. The highest BCUT2D eigenvalue weighted by Gasteiger charge is 2.24. The van der Waals surface area contributed by atoms with Gasteiger partial charge in [-0.3, -0.25) is 19.4 Å². The van der Waals surface area contributed by atoms with Crippen LogP contribution >= 0.6 is 0 Å². The molecule has 1 atom stereocenters. The van der Waals surface area contributed by atoms with Gasteiger partial charge >= 0.3 is 11.9 Å². The zero-order valence-electron chi connectivity index (χ0n) is 16.7. The third-order valence-corrected chi connectivity index (χ3v) is 5.64. The van der Waals surface area contributed by atoms with Crippen molar-refractivity contribution in [1.29, 1.82) is 0 Å². The van der Waals surface area contributed by atoms with Gasteiger partial charge in [-0.15, -0.1) is 0 Å². The molecule has 0 fully saturated rings. The fourth-order valence-electron chi connectivity index (χ4n) is 2.52. The SMILES string of the molecule is O=C(O)CC(NC(=O)c1ccc(CNS(=O)(=O)c2ccc(O)c(C(=O)O)c2)nc1)C(=O)CF. The average molecular weight is 483 g/mol. The normalized spacial score (nSPS) is 12.0. The van der Waals surface area contributed by atoms with E-state index in [1.807, 2.05) is 0 Å². The summed E-state index contributed by atoms with van der Waals surface area (Å²) in [7, 11) is -4.17. The highest BCUT2D eigenvalue weighted by atomic mass is 32.2. The maximum absolute atomic E-state index is 12.6. The Balaban J connectivity index is 2.07. The first-order valence-corrected chi connectivity index (χ1v) is 10.5. The number of amides is 1. The first-order chi connectivity index (χ1) is 15.4. The first-order valence-electron chi connectivity index (χ1n) is 9.07. The smallest absolute Gasteiger partial charge is 0.339 e. The van der Waals surface area contributed by atoms with E-state index in [0.29, 0.717) is 0 Å². The number of alkyl halides is 1. The van der Waals surface area contributed by atoms with Gasteiger partial charge in [0.05, 0.1) is 29.1 Å². The van der Waals surface area contributed by atoms with Gasteiger partial charge in [0, 0.05) is 6.20 Å². The van der Waals surface area contributed by atoms with E-state index in [1.54, 1.807) is 0 Å². The van der Waals surface area contributed by atoms with Crippen LogP contribution in [0.3, 0.4) is 0 Å². The van der Waals surface area contributed by atoms with Crippen molar-refractivity contribution in [1.82, 2.24) is 15.0 Å². The fourth-order valence-corrected chi connectivity index (χ4v) is 3.55. The molecular weight excluding hydrogens is 465 g/mol. The monoisotopic (exact) mass is 483 g/mol. The number of halogens is 1. The van der Waals surface area contributed by atoms with Crippen molar-refractivity contribution in [3.05, 3.63) is 53.3 Å². The molecule has 5 N–H and O–H groups in total. The van der Waals surface area contributed by atoms with Gasteiger partial charge in [-0.25, -0.2) is 22.3 Å². The number of nitrogens with zero attached hydrogens (tertiary/aromatic N) is 1. The summed E-state index contributed by atoms with van der Waals surface area (Å²) in [5.41, 5.74) is -0.526. The van der Waals surface area contributed by atoms with Gasteiger partial charge in [-0.2, -0.15) is 0 Å². The number of hydrogen-bond donors (Lipinski definition) is 5. The number of aromatic hydroxyl groups is 1. The second-order valence-electron chi connectivity index (χ2n) is 6.57. The molecule has 2 aromatic rings. The Morgan fingerprint density at radius 1 is 1.09 bits per heavy atom. The number of sulfonamides is 1. The number of carboxylic acid groups (broad SMARTS) is 2. The van der Waals surface area contributed by atoms with E-state index in [9.17, 15) is 37.1 Å². The summed E-state index contributed by atoms with van der Waals surface area (Å²) in [6.45, 7) is -1.79. The van der Waals surface area contributed by atoms with Crippen molar-refractivity contribution in [2.24, 2.45) is 0 Å². The van der Waals surface area contributed by atoms with E-state index in [2.05, 4.69) is 15.0 Å². The largest absolute Gasteiger partial charge is 0.507 e. The van der Waals surface area contributed by atoms with E-state index in [0.717, 1.165) is 24.4 Å². The molecule has 176 valence electrons. The van der Waals surface area contributed by atoms with Crippen LogP contribution in [0.5, 0.6) is 5.75 Å². The van der Waals surface area contributed by atoms with E-state index in [1.165, 1.54) is 12.1 Å². The minimum atomic E-state index is -4.17. The van der Waals surface area contributed by atoms with Crippen LogP contribution in [0.15, 0.2) is 41.4 Å². The van der Waals surface area contributed by atoms with E-state index < -0.39 is 69.0 Å². The predicted octanol–water partition coefficient (Wildman–Crippen LogP) is 0.0756. The lowest BCUT2D eigenvalue weighted by Gasteiger charge is -2.14. The van der Waals surface area contributed by atoms with Crippen LogP contribution in [0.25, 0.3) is 0 Å². The molecule has 0 saturated carbocycles. The minimum absolute atomic E-state index is 0.0895. The molecule has 1 unspecified atom stereocenters. The summed E-state index contributed by atoms with van der Waals surface area (Å²) in [6.07, 6.45) is 0.239. The third-order valence-electron chi connectivity index (χ3n) is 4.24. The Hall–Kier alpha value is -3.91. The molecule has 33 heavy (non-hydrogen) atoms. The molecule has 2 rings (SSSR count). The quantitative estimate of drug-likeness (QED) is 0.291. The van der Waals surface area contributed by atoms with Gasteiger partial charge in [-0.05, 0) is 30.3 Å². The lowest BCUT2D eigenvalue weighted by atomic mass is 10.1. The molecule has 12 nitrogen and oxygen atoms in total. The number of Topliss-reactive ketones (excluding diaryl/α,β-unsaturated/α-hetero) is 1. The number of rotatable bonds is 11. The lowest BCUT2D eigenvalue weighted by Crippen LogP contribution is -2.43. The van der Waals surface area contributed by atoms with Crippen molar-refractivity contribution < 1.29 is 47.3 Å². The molecule has 0 aliphatic heterocycles. The molecule has 0 aliphatic rings. The maximum atomic E-state index is 12.6. The Kier molecular flexibility index (Phi) is 8.15. The van der Waals surface area contributed by atoms with Crippen LogP contribution in [0.4, 0.5) is 4.39 Å². The Labute approximate surface area is 186 Å². The van der Waals surface area contributed by atoms with Crippen LogP contribution in [0.1, 0.15) is 32.8 Å². The number of pyridine rings is 1. The van der Waals surface area contributed by atoms with Crippen molar-refractivity contribution in [3.8, 4) is 5.75 Å². The molecule has 1 heterocycles. The van der Waals surface area contributed by atoms with Gasteiger partial charge in [0.15, 0.2) is 5.78 Å². The van der Waals surface area contributed by atoms with Crippen LogP contribution in [0, 0.1) is 0 Å². The molecule has 0 saturated heterocycles. The highest BCUT2D eigenvalue weighted by Crippen LogP contribution is 2.21. The van der Waals surface area contributed by atoms with E-state index >= 15 is 0 Å². The van der Waals surface area contributed by atoms with Crippen molar-refractivity contribution in [2.75, 3.05) is 6.67 Å². The second-order valence-corrected chi connectivity index (χ2v) is 8.34. The van der Waals surface area contributed by atoms with Crippen molar-refractivity contribution >= 4 is 33.7 Å². The predicted molar refractivity (Wildman–Crippen MR) is 108 cm³/mol. The van der Waals surface area contributed by atoms with Crippen molar-refractivity contribution in [2.45, 2.75) is 23.9 Å². The highest BCUT2D eigenvalue weighted by molar-refractivity contribution is 7.89. The topological polar surface area (TPSA) is 200 Å².